The van der Waals surface area contributed by atoms with Gasteiger partial charge in [0.2, 0.25) is 0 Å². The number of esters is 1. The molecule has 1 fully saturated rings. The molecule has 0 spiro atoms. The monoisotopic (exact) mass is 291 g/mol. The molecule has 0 atom stereocenters. The average Bonchev–Trinajstić information content (AvgIpc) is 2.50. The van der Waals surface area contributed by atoms with Crippen molar-refractivity contribution in [2.75, 3.05) is 33.4 Å². The molecule has 0 aliphatic carbocycles. The molecule has 0 radical (unpaired) electrons. The molecule has 2 rings (SSSR count). The molecule has 1 aromatic rings. The molecular weight excluding hydrogens is 266 g/mol. The molecule has 1 aliphatic heterocycles. The fourth-order valence-corrected chi connectivity index (χ4v) is 2.87. The normalized spacial score (nSPS) is 16.7. The van der Waals surface area contributed by atoms with E-state index in [0.29, 0.717) is 19.1 Å². The maximum absolute atomic E-state index is 11.5. The lowest BCUT2D eigenvalue weighted by atomic mass is 9.90. The highest BCUT2D eigenvalue weighted by Crippen LogP contribution is 2.23. The van der Waals surface area contributed by atoms with Gasteiger partial charge in [-0.2, -0.15) is 0 Å². The Hall–Kier alpha value is -1.55. The van der Waals surface area contributed by atoms with Crippen molar-refractivity contribution in [3.8, 4) is 5.75 Å². The third kappa shape index (κ3) is 5.05. The minimum atomic E-state index is -0.108. The number of likely N-dealkylation sites (tertiary alicyclic amines) is 1. The first-order valence-electron chi connectivity index (χ1n) is 7.72. The van der Waals surface area contributed by atoms with E-state index in [1.165, 1.54) is 5.56 Å². The van der Waals surface area contributed by atoms with Crippen LogP contribution >= 0.6 is 0 Å². The number of hydrogen-bond donors (Lipinski definition) is 0. The molecule has 0 unspecified atom stereocenters. The maximum Gasteiger partial charge on any atom is 0.320 e. The summed E-state index contributed by atoms with van der Waals surface area (Å²) in [7, 11) is 1.70. The van der Waals surface area contributed by atoms with Crippen LogP contribution < -0.4 is 4.74 Å². The molecule has 4 heteroatoms. The van der Waals surface area contributed by atoms with Gasteiger partial charge in [-0.3, -0.25) is 9.69 Å². The maximum atomic E-state index is 11.5. The van der Waals surface area contributed by atoms with E-state index in [4.69, 9.17) is 9.47 Å². The summed E-state index contributed by atoms with van der Waals surface area (Å²) in [6, 6.07) is 8.30. The molecule has 1 saturated heterocycles. The molecular formula is C17H25NO3. The molecule has 1 aliphatic rings. The van der Waals surface area contributed by atoms with Crippen LogP contribution in [0.15, 0.2) is 24.3 Å². The number of hydrogen-bond acceptors (Lipinski definition) is 4. The van der Waals surface area contributed by atoms with Gasteiger partial charge in [-0.25, -0.2) is 0 Å². The van der Waals surface area contributed by atoms with Gasteiger partial charge < -0.3 is 9.47 Å². The summed E-state index contributed by atoms with van der Waals surface area (Å²) in [5.41, 5.74) is 1.33. The molecule has 21 heavy (non-hydrogen) atoms. The second kappa shape index (κ2) is 8.03. The SMILES string of the molecule is CCOC(=O)CN1CCC(Cc2cccc(OC)c2)CC1. The number of ether oxygens (including phenoxy) is 2. The van der Waals surface area contributed by atoms with E-state index >= 15 is 0 Å². The largest absolute Gasteiger partial charge is 0.497 e. The second-order valence-corrected chi connectivity index (χ2v) is 5.58. The molecule has 116 valence electrons. The molecule has 1 aromatic carbocycles. The molecule has 0 N–H and O–H groups in total. The minimum Gasteiger partial charge on any atom is -0.497 e. The van der Waals surface area contributed by atoms with Gasteiger partial charge in [-0.1, -0.05) is 12.1 Å². The minimum absolute atomic E-state index is 0.108. The van der Waals surface area contributed by atoms with Crippen molar-refractivity contribution in [1.29, 1.82) is 0 Å². The van der Waals surface area contributed by atoms with E-state index in [9.17, 15) is 4.79 Å². The van der Waals surface area contributed by atoms with Crippen LogP contribution in [0.2, 0.25) is 0 Å². The van der Waals surface area contributed by atoms with E-state index in [1.807, 2.05) is 19.1 Å². The van der Waals surface area contributed by atoms with Crippen molar-refractivity contribution >= 4 is 5.97 Å². The van der Waals surface area contributed by atoms with Gasteiger partial charge in [0.15, 0.2) is 0 Å². The highest BCUT2D eigenvalue weighted by molar-refractivity contribution is 5.71. The number of benzene rings is 1. The first kappa shape index (κ1) is 15.8. The Kier molecular flexibility index (Phi) is 6.05. The zero-order valence-electron chi connectivity index (χ0n) is 13.0. The van der Waals surface area contributed by atoms with E-state index < -0.39 is 0 Å². The molecule has 1 heterocycles. The summed E-state index contributed by atoms with van der Waals surface area (Å²) in [4.78, 5) is 13.7. The van der Waals surface area contributed by atoms with E-state index in [0.717, 1.165) is 38.1 Å². The summed E-state index contributed by atoms with van der Waals surface area (Å²) < 4.78 is 10.3. The second-order valence-electron chi connectivity index (χ2n) is 5.58. The lowest BCUT2D eigenvalue weighted by Gasteiger charge is -2.31. The zero-order chi connectivity index (χ0) is 15.1. The van der Waals surface area contributed by atoms with Crippen LogP contribution in [0.1, 0.15) is 25.3 Å². The van der Waals surface area contributed by atoms with E-state index in [1.54, 1.807) is 7.11 Å². The van der Waals surface area contributed by atoms with Gasteiger partial charge in [0.25, 0.3) is 0 Å². The molecule has 0 aromatic heterocycles. The Morgan fingerprint density at radius 1 is 1.33 bits per heavy atom. The number of carbonyl (C=O) groups is 1. The highest BCUT2D eigenvalue weighted by Gasteiger charge is 2.21. The van der Waals surface area contributed by atoms with Crippen LogP contribution in [0.3, 0.4) is 0 Å². The predicted molar refractivity (Wildman–Crippen MR) is 82.5 cm³/mol. The van der Waals surface area contributed by atoms with Crippen LogP contribution in [0, 0.1) is 5.92 Å². The third-order valence-electron chi connectivity index (χ3n) is 4.02. The first-order chi connectivity index (χ1) is 10.2. The molecule has 0 bridgehead atoms. The lowest BCUT2D eigenvalue weighted by Crippen LogP contribution is -2.38. The summed E-state index contributed by atoms with van der Waals surface area (Å²) in [6.07, 6.45) is 3.36. The Morgan fingerprint density at radius 3 is 2.76 bits per heavy atom. The fraction of sp³-hybridized carbons (Fsp3) is 0.588. The Morgan fingerprint density at radius 2 is 2.10 bits per heavy atom. The van der Waals surface area contributed by atoms with Gasteiger partial charge in [0, 0.05) is 0 Å². The first-order valence-corrected chi connectivity index (χ1v) is 7.72. The highest BCUT2D eigenvalue weighted by atomic mass is 16.5. The van der Waals surface area contributed by atoms with Crippen LogP contribution in [-0.2, 0) is 16.0 Å². The molecule has 4 nitrogen and oxygen atoms in total. The number of piperidine rings is 1. The van der Waals surface area contributed by atoms with Gasteiger partial charge in [-0.05, 0) is 62.9 Å². The van der Waals surface area contributed by atoms with Crippen molar-refractivity contribution in [2.24, 2.45) is 5.92 Å². The van der Waals surface area contributed by atoms with Gasteiger partial charge in [-0.15, -0.1) is 0 Å². The average molecular weight is 291 g/mol. The van der Waals surface area contributed by atoms with Crippen LogP contribution in [0.25, 0.3) is 0 Å². The van der Waals surface area contributed by atoms with Gasteiger partial charge in [0.05, 0.1) is 20.3 Å². The van der Waals surface area contributed by atoms with Crippen LogP contribution in [0.4, 0.5) is 0 Å². The van der Waals surface area contributed by atoms with E-state index in [2.05, 4.69) is 17.0 Å². The topological polar surface area (TPSA) is 38.8 Å². The molecule has 0 saturated carbocycles. The zero-order valence-corrected chi connectivity index (χ0v) is 13.0. The van der Waals surface area contributed by atoms with Crippen molar-refractivity contribution in [3.63, 3.8) is 0 Å². The number of carbonyl (C=O) groups excluding carboxylic acids is 1. The summed E-state index contributed by atoms with van der Waals surface area (Å²) >= 11 is 0. The summed E-state index contributed by atoms with van der Waals surface area (Å²) in [6.45, 7) is 4.70. The Balaban J connectivity index is 1.77. The smallest absolute Gasteiger partial charge is 0.320 e. The third-order valence-corrected chi connectivity index (χ3v) is 4.02. The standard InChI is InChI=1S/C17H25NO3/c1-3-21-17(19)13-18-9-7-14(8-10-18)11-15-5-4-6-16(12-15)20-2/h4-6,12,14H,3,7-11,13H2,1-2H3. The van der Waals surface area contributed by atoms with Crippen molar-refractivity contribution < 1.29 is 14.3 Å². The quantitative estimate of drug-likeness (QED) is 0.755. The number of nitrogens with zero attached hydrogens (tertiary/aromatic N) is 1. The lowest BCUT2D eigenvalue weighted by molar-refractivity contribution is -0.144. The van der Waals surface area contributed by atoms with Gasteiger partial charge >= 0.3 is 5.97 Å². The summed E-state index contributed by atoms with van der Waals surface area (Å²) in [5, 5.41) is 0. The van der Waals surface area contributed by atoms with Gasteiger partial charge in [0.1, 0.15) is 5.75 Å². The van der Waals surface area contributed by atoms with E-state index in [-0.39, 0.29) is 5.97 Å². The van der Waals surface area contributed by atoms with Crippen LogP contribution in [0.5, 0.6) is 5.75 Å². The van der Waals surface area contributed by atoms with Crippen molar-refractivity contribution in [3.05, 3.63) is 29.8 Å². The number of methoxy groups -OCH3 is 1. The molecule has 0 amide bonds. The van der Waals surface area contributed by atoms with Crippen LogP contribution in [-0.4, -0.2) is 44.2 Å². The fourth-order valence-electron chi connectivity index (χ4n) is 2.87. The Labute approximate surface area is 127 Å². The summed E-state index contributed by atoms with van der Waals surface area (Å²) in [5.74, 6) is 1.51. The number of rotatable bonds is 6. The Bertz CT molecular complexity index is 453. The predicted octanol–water partition coefficient (Wildman–Crippen LogP) is 2.51. The van der Waals surface area contributed by atoms with Crippen molar-refractivity contribution in [2.45, 2.75) is 26.2 Å². The van der Waals surface area contributed by atoms with Crippen molar-refractivity contribution in [1.82, 2.24) is 4.90 Å².